The van der Waals surface area contributed by atoms with Crippen LogP contribution in [0.25, 0.3) is 0 Å². The van der Waals surface area contributed by atoms with Crippen molar-refractivity contribution in [3.8, 4) is 11.5 Å². The molecule has 1 heterocycles. The van der Waals surface area contributed by atoms with Crippen LogP contribution in [0.2, 0.25) is 0 Å². The van der Waals surface area contributed by atoms with Gasteiger partial charge in [0.25, 0.3) is 0 Å². The van der Waals surface area contributed by atoms with Crippen LogP contribution in [-0.2, 0) is 24.6 Å². The molecule has 0 aliphatic heterocycles. The van der Waals surface area contributed by atoms with Crippen molar-refractivity contribution in [1.82, 2.24) is 4.98 Å². The van der Waals surface area contributed by atoms with E-state index in [1.165, 1.54) is 6.20 Å². The van der Waals surface area contributed by atoms with Crippen LogP contribution in [0.15, 0.2) is 30.5 Å². The first-order chi connectivity index (χ1) is 10.7. The highest BCUT2D eigenvalue weighted by Gasteiger charge is 2.13. The number of ether oxygens (including phenoxy) is 2. The number of carbonyl (C=O) groups excluding carboxylic acids is 1. The van der Waals surface area contributed by atoms with Gasteiger partial charge in [-0.2, -0.15) is 0 Å². The van der Waals surface area contributed by atoms with Crippen LogP contribution in [0.3, 0.4) is 0 Å². The van der Waals surface area contributed by atoms with Gasteiger partial charge in [-0.3, -0.25) is 4.79 Å². The summed E-state index contributed by atoms with van der Waals surface area (Å²) in [5.74, 6) is 0.466. The van der Waals surface area contributed by atoms with Gasteiger partial charge >= 0.3 is 0 Å². The molecule has 0 unspecified atom stereocenters. The van der Waals surface area contributed by atoms with Gasteiger partial charge in [0.2, 0.25) is 0 Å². The van der Waals surface area contributed by atoms with Gasteiger partial charge in [0, 0.05) is 17.3 Å². The number of hydrogen-bond acceptors (Lipinski definition) is 6. The zero-order valence-electron chi connectivity index (χ0n) is 12.2. The molecule has 2 aromatic rings. The standard InChI is InChI=1S/C16H17NO5/c1-21-13-4-2-11(3-5-13)9-22-10-12-6-17-15(8-19)16(20)14(12)7-18/h2-6,8,18,20H,7,9-10H2,1H3. The van der Waals surface area contributed by atoms with Gasteiger partial charge in [0.1, 0.15) is 17.2 Å². The van der Waals surface area contributed by atoms with Crippen molar-refractivity contribution in [3.63, 3.8) is 0 Å². The van der Waals surface area contributed by atoms with E-state index in [1.807, 2.05) is 24.3 Å². The van der Waals surface area contributed by atoms with Crippen molar-refractivity contribution in [1.29, 1.82) is 0 Å². The van der Waals surface area contributed by atoms with Crippen molar-refractivity contribution in [2.45, 2.75) is 19.8 Å². The van der Waals surface area contributed by atoms with E-state index in [0.29, 0.717) is 18.5 Å². The van der Waals surface area contributed by atoms with E-state index < -0.39 is 6.61 Å². The summed E-state index contributed by atoms with van der Waals surface area (Å²) in [5.41, 5.74) is 1.67. The second kappa shape index (κ2) is 7.53. The summed E-state index contributed by atoms with van der Waals surface area (Å²) >= 11 is 0. The molecule has 6 heteroatoms. The smallest absolute Gasteiger partial charge is 0.172 e. The molecule has 0 saturated carbocycles. The number of rotatable bonds is 7. The Hall–Kier alpha value is -2.44. The molecule has 0 atom stereocenters. The first-order valence-corrected chi connectivity index (χ1v) is 6.66. The Balaban J connectivity index is 2.01. The lowest BCUT2D eigenvalue weighted by molar-refractivity contribution is 0.104. The molecule has 0 amide bonds. The van der Waals surface area contributed by atoms with Gasteiger partial charge in [-0.1, -0.05) is 12.1 Å². The largest absolute Gasteiger partial charge is 0.505 e. The number of hydrogen-bond donors (Lipinski definition) is 2. The number of nitrogens with zero attached hydrogens (tertiary/aromatic N) is 1. The zero-order valence-corrected chi connectivity index (χ0v) is 12.2. The van der Waals surface area contributed by atoms with Gasteiger partial charge in [0.15, 0.2) is 6.29 Å². The Morgan fingerprint density at radius 1 is 1.23 bits per heavy atom. The molecule has 0 saturated heterocycles. The van der Waals surface area contributed by atoms with Crippen molar-refractivity contribution < 1.29 is 24.5 Å². The van der Waals surface area contributed by atoms with E-state index in [-0.39, 0.29) is 23.6 Å². The number of methoxy groups -OCH3 is 1. The molecule has 22 heavy (non-hydrogen) atoms. The lowest BCUT2D eigenvalue weighted by Crippen LogP contribution is -2.03. The molecular formula is C16H17NO5. The predicted octanol–water partition coefficient (Wildman–Crippen LogP) is 1.82. The number of aliphatic hydroxyl groups is 1. The van der Waals surface area contributed by atoms with Crippen LogP contribution in [0.4, 0.5) is 0 Å². The van der Waals surface area contributed by atoms with E-state index in [2.05, 4.69) is 4.98 Å². The third-order valence-corrected chi connectivity index (χ3v) is 3.23. The Labute approximate surface area is 128 Å². The summed E-state index contributed by atoms with van der Waals surface area (Å²) < 4.78 is 10.6. The number of aromatic hydroxyl groups is 1. The fourth-order valence-corrected chi connectivity index (χ4v) is 1.98. The predicted molar refractivity (Wildman–Crippen MR) is 78.7 cm³/mol. The van der Waals surface area contributed by atoms with Crippen LogP contribution in [0.5, 0.6) is 11.5 Å². The summed E-state index contributed by atoms with van der Waals surface area (Å²) in [6.45, 7) is 0.142. The molecule has 6 nitrogen and oxygen atoms in total. The number of carbonyl (C=O) groups is 1. The summed E-state index contributed by atoms with van der Waals surface area (Å²) in [7, 11) is 1.60. The van der Waals surface area contributed by atoms with E-state index in [0.717, 1.165) is 11.3 Å². The average molecular weight is 303 g/mol. The highest BCUT2D eigenvalue weighted by Crippen LogP contribution is 2.24. The van der Waals surface area contributed by atoms with Gasteiger partial charge < -0.3 is 19.7 Å². The second-order valence-corrected chi connectivity index (χ2v) is 4.61. The minimum Gasteiger partial charge on any atom is -0.505 e. The summed E-state index contributed by atoms with van der Waals surface area (Å²) in [4.78, 5) is 14.5. The van der Waals surface area contributed by atoms with Crippen molar-refractivity contribution in [2.24, 2.45) is 0 Å². The number of aliphatic hydroxyl groups excluding tert-OH is 1. The maximum Gasteiger partial charge on any atom is 0.172 e. The molecular weight excluding hydrogens is 286 g/mol. The highest BCUT2D eigenvalue weighted by atomic mass is 16.5. The quantitative estimate of drug-likeness (QED) is 0.758. The van der Waals surface area contributed by atoms with Gasteiger partial charge in [-0.25, -0.2) is 4.98 Å². The fourth-order valence-electron chi connectivity index (χ4n) is 1.98. The van der Waals surface area contributed by atoms with Crippen molar-refractivity contribution in [2.75, 3.05) is 7.11 Å². The van der Waals surface area contributed by atoms with E-state index in [9.17, 15) is 15.0 Å². The molecule has 0 aliphatic rings. The maximum absolute atomic E-state index is 10.7. The molecule has 0 aliphatic carbocycles. The number of aromatic nitrogens is 1. The van der Waals surface area contributed by atoms with Gasteiger partial charge in [-0.15, -0.1) is 0 Å². The van der Waals surface area contributed by atoms with Crippen LogP contribution < -0.4 is 4.74 Å². The molecule has 1 aromatic carbocycles. The average Bonchev–Trinajstić information content (AvgIpc) is 2.56. The Morgan fingerprint density at radius 2 is 1.95 bits per heavy atom. The fraction of sp³-hybridized carbons (Fsp3) is 0.250. The first-order valence-electron chi connectivity index (χ1n) is 6.66. The summed E-state index contributed by atoms with van der Waals surface area (Å²) in [6, 6.07) is 7.45. The number of benzene rings is 1. The molecule has 1 aromatic heterocycles. The van der Waals surface area contributed by atoms with E-state index >= 15 is 0 Å². The number of pyridine rings is 1. The number of aldehydes is 1. The SMILES string of the molecule is COc1ccc(COCc2cnc(C=O)c(O)c2CO)cc1. The Kier molecular flexibility index (Phi) is 5.46. The van der Waals surface area contributed by atoms with Crippen LogP contribution >= 0.6 is 0 Å². The van der Waals surface area contributed by atoms with E-state index in [4.69, 9.17) is 9.47 Å². The third kappa shape index (κ3) is 3.60. The summed E-state index contributed by atoms with van der Waals surface area (Å²) in [6.07, 6.45) is 1.86. The van der Waals surface area contributed by atoms with Gasteiger partial charge in [0.05, 0.1) is 26.9 Å². The normalized spacial score (nSPS) is 10.5. The molecule has 2 N–H and O–H groups in total. The van der Waals surface area contributed by atoms with Crippen LogP contribution in [0, 0.1) is 0 Å². The van der Waals surface area contributed by atoms with Crippen LogP contribution in [0.1, 0.15) is 27.2 Å². The minimum atomic E-state index is -0.392. The van der Waals surface area contributed by atoms with Crippen molar-refractivity contribution in [3.05, 3.63) is 52.8 Å². The summed E-state index contributed by atoms with van der Waals surface area (Å²) in [5, 5.41) is 19.1. The molecule has 116 valence electrons. The lowest BCUT2D eigenvalue weighted by atomic mass is 10.1. The molecule has 0 bridgehead atoms. The molecule has 2 rings (SSSR count). The van der Waals surface area contributed by atoms with Crippen LogP contribution in [-0.4, -0.2) is 28.6 Å². The van der Waals surface area contributed by atoms with E-state index in [1.54, 1.807) is 7.11 Å². The second-order valence-electron chi connectivity index (χ2n) is 4.61. The molecule has 0 spiro atoms. The lowest BCUT2D eigenvalue weighted by Gasteiger charge is -2.11. The zero-order chi connectivity index (χ0) is 15.9. The minimum absolute atomic E-state index is 0.0945. The topological polar surface area (TPSA) is 88.9 Å². The van der Waals surface area contributed by atoms with Crippen molar-refractivity contribution >= 4 is 6.29 Å². The third-order valence-electron chi connectivity index (χ3n) is 3.23. The Bertz CT molecular complexity index is 640. The van der Waals surface area contributed by atoms with Gasteiger partial charge in [-0.05, 0) is 17.7 Å². The molecule has 0 fully saturated rings. The maximum atomic E-state index is 10.7. The molecule has 0 radical (unpaired) electrons. The monoisotopic (exact) mass is 303 g/mol. The Morgan fingerprint density at radius 3 is 2.55 bits per heavy atom. The highest BCUT2D eigenvalue weighted by molar-refractivity contribution is 5.77. The first kappa shape index (κ1) is 15.9.